The standard InChI is InChI=1S/C16H17N3O/c1-12-5-10-16(20)14(11-12)4-2-3-13-6-8-15(9-7-13)18-19-17/h2-4,6-9,12H,5,10-11H2,1H3. The fourth-order valence-electron chi connectivity index (χ4n) is 2.27. The topological polar surface area (TPSA) is 65.8 Å². The molecule has 0 spiro atoms. The number of hydrogen-bond acceptors (Lipinski definition) is 2. The van der Waals surface area contributed by atoms with Gasteiger partial charge in [0.1, 0.15) is 0 Å². The van der Waals surface area contributed by atoms with E-state index in [1.165, 1.54) is 0 Å². The van der Waals surface area contributed by atoms with Crippen molar-refractivity contribution in [2.24, 2.45) is 11.0 Å². The third-order valence-corrected chi connectivity index (χ3v) is 3.43. The molecule has 1 saturated carbocycles. The Labute approximate surface area is 118 Å². The molecule has 0 radical (unpaired) electrons. The number of rotatable bonds is 3. The van der Waals surface area contributed by atoms with Crippen LogP contribution in [0, 0.1) is 5.92 Å². The molecule has 0 aromatic heterocycles. The van der Waals surface area contributed by atoms with Gasteiger partial charge in [0.25, 0.3) is 0 Å². The van der Waals surface area contributed by atoms with Crippen molar-refractivity contribution in [3.05, 3.63) is 58.0 Å². The van der Waals surface area contributed by atoms with Gasteiger partial charge in [-0.3, -0.25) is 4.79 Å². The number of carbonyl (C=O) groups is 1. The molecule has 1 unspecified atom stereocenters. The number of carbonyl (C=O) groups excluding carboxylic acids is 1. The van der Waals surface area contributed by atoms with Gasteiger partial charge in [-0.25, -0.2) is 0 Å². The number of ketones is 1. The summed E-state index contributed by atoms with van der Waals surface area (Å²) in [4.78, 5) is 14.5. The van der Waals surface area contributed by atoms with Crippen LogP contribution in [0.15, 0.2) is 47.1 Å². The van der Waals surface area contributed by atoms with Crippen molar-refractivity contribution in [1.82, 2.24) is 0 Å². The Balaban J connectivity index is 2.05. The molecule has 0 heterocycles. The Morgan fingerprint density at radius 2 is 2.10 bits per heavy atom. The maximum atomic E-state index is 11.8. The zero-order chi connectivity index (χ0) is 14.4. The summed E-state index contributed by atoms with van der Waals surface area (Å²) in [7, 11) is 0. The summed E-state index contributed by atoms with van der Waals surface area (Å²) in [6.45, 7) is 2.18. The van der Waals surface area contributed by atoms with Crippen molar-refractivity contribution in [2.45, 2.75) is 26.2 Å². The summed E-state index contributed by atoms with van der Waals surface area (Å²) in [5.41, 5.74) is 10.9. The van der Waals surface area contributed by atoms with Gasteiger partial charge in [-0.1, -0.05) is 54.5 Å². The van der Waals surface area contributed by atoms with Crippen molar-refractivity contribution in [1.29, 1.82) is 0 Å². The second-order valence-corrected chi connectivity index (χ2v) is 5.10. The molecule has 0 aliphatic heterocycles. The van der Waals surface area contributed by atoms with Crippen molar-refractivity contribution in [3.63, 3.8) is 0 Å². The molecule has 0 bridgehead atoms. The van der Waals surface area contributed by atoms with Crippen molar-refractivity contribution in [3.8, 4) is 0 Å². The van der Waals surface area contributed by atoms with E-state index in [1.54, 1.807) is 12.1 Å². The molecule has 4 heteroatoms. The van der Waals surface area contributed by atoms with Gasteiger partial charge in [0, 0.05) is 17.0 Å². The van der Waals surface area contributed by atoms with Gasteiger partial charge in [0.05, 0.1) is 0 Å². The number of benzene rings is 1. The molecule has 0 N–H and O–H groups in total. The monoisotopic (exact) mass is 267 g/mol. The molecule has 1 atom stereocenters. The average molecular weight is 267 g/mol. The van der Waals surface area contributed by atoms with E-state index in [9.17, 15) is 4.79 Å². The van der Waals surface area contributed by atoms with E-state index in [0.717, 1.165) is 24.0 Å². The minimum absolute atomic E-state index is 0.270. The van der Waals surface area contributed by atoms with Crippen molar-refractivity contribution >= 4 is 17.5 Å². The predicted octanol–water partition coefficient (Wildman–Crippen LogP) is 4.96. The third kappa shape index (κ3) is 3.84. The van der Waals surface area contributed by atoms with Gasteiger partial charge < -0.3 is 0 Å². The lowest BCUT2D eigenvalue weighted by atomic mass is 9.85. The number of nitrogens with zero attached hydrogens (tertiary/aromatic N) is 3. The SMILES string of the molecule is CC1CCC(=O)C(=CC=Cc2ccc(N=[N+]=[N-])cc2)C1. The Hall–Kier alpha value is -2.32. The van der Waals surface area contributed by atoms with Gasteiger partial charge in [-0.15, -0.1) is 0 Å². The first-order chi connectivity index (χ1) is 9.69. The molecule has 1 aromatic carbocycles. The minimum Gasteiger partial charge on any atom is -0.295 e. The maximum Gasteiger partial charge on any atom is 0.158 e. The summed E-state index contributed by atoms with van der Waals surface area (Å²) >= 11 is 0. The van der Waals surface area contributed by atoms with Crippen LogP contribution in [0.2, 0.25) is 0 Å². The molecular weight excluding hydrogens is 250 g/mol. The molecule has 4 nitrogen and oxygen atoms in total. The maximum absolute atomic E-state index is 11.8. The molecule has 102 valence electrons. The highest BCUT2D eigenvalue weighted by Crippen LogP contribution is 2.25. The zero-order valence-electron chi connectivity index (χ0n) is 11.5. The van der Waals surface area contributed by atoms with Crippen LogP contribution in [-0.2, 0) is 4.79 Å². The quantitative estimate of drug-likeness (QED) is 0.330. The Kier molecular flexibility index (Phi) is 4.75. The van der Waals surface area contributed by atoms with E-state index in [2.05, 4.69) is 16.9 Å². The fraction of sp³-hybridized carbons (Fsp3) is 0.312. The summed E-state index contributed by atoms with van der Waals surface area (Å²) in [5.74, 6) is 0.863. The van der Waals surface area contributed by atoms with Gasteiger partial charge >= 0.3 is 0 Å². The number of Topliss-reactive ketones (excluding diaryl/α,β-unsaturated/α-hetero) is 1. The lowest BCUT2D eigenvalue weighted by Crippen LogP contribution is -2.14. The molecule has 1 aromatic rings. The highest BCUT2D eigenvalue weighted by Gasteiger charge is 2.19. The lowest BCUT2D eigenvalue weighted by Gasteiger charge is -2.18. The molecule has 1 fully saturated rings. The van der Waals surface area contributed by atoms with E-state index in [0.29, 0.717) is 18.0 Å². The lowest BCUT2D eigenvalue weighted by molar-refractivity contribution is -0.116. The zero-order valence-corrected chi connectivity index (χ0v) is 11.5. The van der Waals surface area contributed by atoms with Crippen molar-refractivity contribution < 1.29 is 4.79 Å². The van der Waals surface area contributed by atoms with Gasteiger partial charge in [0.15, 0.2) is 5.78 Å². The van der Waals surface area contributed by atoms with E-state index in [4.69, 9.17) is 5.53 Å². The smallest absolute Gasteiger partial charge is 0.158 e. The van der Waals surface area contributed by atoms with E-state index >= 15 is 0 Å². The third-order valence-electron chi connectivity index (χ3n) is 3.43. The highest BCUT2D eigenvalue weighted by molar-refractivity contribution is 5.96. The van der Waals surface area contributed by atoms with E-state index in [-0.39, 0.29) is 5.78 Å². The highest BCUT2D eigenvalue weighted by atomic mass is 16.1. The van der Waals surface area contributed by atoms with Crippen LogP contribution >= 0.6 is 0 Å². The number of azide groups is 1. The second kappa shape index (κ2) is 6.73. The van der Waals surface area contributed by atoms with Gasteiger partial charge in [-0.05, 0) is 35.4 Å². The van der Waals surface area contributed by atoms with Gasteiger partial charge in [-0.2, -0.15) is 0 Å². The van der Waals surface area contributed by atoms with Crippen LogP contribution in [0.25, 0.3) is 16.5 Å². The summed E-state index contributed by atoms with van der Waals surface area (Å²) in [6.07, 6.45) is 8.31. The molecule has 1 aliphatic rings. The van der Waals surface area contributed by atoms with Crippen LogP contribution in [0.4, 0.5) is 5.69 Å². The van der Waals surface area contributed by atoms with Crippen LogP contribution in [0.3, 0.4) is 0 Å². The first kappa shape index (κ1) is 14.1. The Morgan fingerprint density at radius 3 is 2.80 bits per heavy atom. The second-order valence-electron chi connectivity index (χ2n) is 5.10. The molecule has 2 rings (SSSR count). The van der Waals surface area contributed by atoms with Crippen molar-refractivity contribution in [2.75, 3.05) is 0 Å². The van der Waals surface area contributed by atoms with Crippen LogP contribution in [-0.4, -0.2) is 5.78 Å². The largest absolute Gasteiger partial charge is 0.295 e. The normalized spacial score (nSPS) is 21.1. The van der Waals surface area contributed by atoms with E-state index in [1.807, 2.05) is 30.4 Å². The summed E-state index contributed by atoms with van der Waals surface area (Å²) in [5, 5.41) is 3.52. The predicted molar refractivity (Wildman–Crippen MR) is 80.4 cm³/mol. The fourth-order valence-corrected chi connectivity index (χ4v) is 2.27. The first-order valence-corrected chi connectivity index (χ1v) is 6.74. The van der Waals surface area contributed by atoms with Crippen LogP contribution < -0.4 is 0 Å². The molecule has 20 heavy (non-hydrogen) atoms. The Morgan fingerprint density at radius 1 is 1.35 bits per heavy atom. The number of allylic oxidation sites excluding steroid dienone is 3. The minimum atomic E-state index is 0.270. The number of hydrogen-bond donors (Lipinski definition) is 0. The van der Waals surface area contributed by atoms with Crippen LogP contribution in [0.1, 0.15) is 31.7 Å². The van der Waals surface area contributed by atoms with E-state index < -0.39 is 0 Å². The molecule has 0 saturated heterocycles. The summed E-state index contributed by atoms with van der Waals surface area (Å²) < 4.78 is 0. The van der Waals surface area contributed by atoms with Gasteiger partial charge in [0.2, 0.25) is 0 Å². The first-order valence-electron chi connectivity index (χ1n) is 6.74. The molecular formula is C16H17N3O. The Bertz CT molecular complexity index is 593. The molecule has 1 aliphatic carbocycles. The average Bonchev–Trinajstić information content (AvgIpc) is 2.45. The molecule has 0 amide bonds. The summed E-state index contributed by atoms with van der Waals surface area (Å²) in [6, 6.07) is 7.29. The van der Waals surface area contributed by atoms with Crippen LogP contribution in [0.5, 0.6) is 0 Å².